The fraction of sp³-hybridized carbons (Fsp3) is 1.00. The first-order valence-corrected chi connectivity index (χ1v) is 5.25. The van der Waals surface area contributed by atoms with Crippen LogP contribution in [0.4, 0.5) is 0 Å². The first kappa shape index (κ1) is 14.8. The standard InChI is InChI=1S/C7H14O2.C3H8O3/c1-2-4-6-9-7-8-5-3-1;1-5-3-6-2-4/h1-7H2;4H,2-3H2,1H3. The number of hydrogen-bond acceptors (Lipinski definition) is 5. The number of methoxy groups -OCH3 is 1. The lowest BCUT2D eigenvalue weighted by atomic mass is 10.2. The summed E-state index contributed by atoms with van der Waals surface area (Å²) in [6.45, 7) is 2.14. The largest absolute Gasteiger partial charge is 0.371 e. The summed E-state index contributed by atoms with van der Waals surface area (Å²) in [7, 11) is 1.50. The highest BCUT2D eigenvalue weighted by Gasteiger charge is 1.95. The Morgan fingerprint density at radius 3 is 2.07 bits per heavy atom. The molecule has 5 nitrogen and oxygen atoms in total. The molecule has 0 aromatic heterocycles. The zero-order valence-electron chi connectivity index (χ0n) is 9.44. The molecule has 0 saturated carbocycles. The Morgan fingerprint density at radius 2 is 1.67 bits per heavy atom. The Labute approximate surface area is 91.3 Å². The van der Waals surface area contributed by atoms with Gasteiger partial charge in [-0.25, -0.2) is 0 Å². The van der Waals surface area contributed by atoms with E-state index in [1.54, 1.807) is 0 Å². The van der Waals surface area contributed by atoms with E-state index in [9.17, 15) is 0 Å². The zero-order valence-corrected chi connectivity index (χ0v) is 9.44. The van der Waals surface area contributed by atoms with Crippen molar-refractivity contribution in [1.29, 1.82) is 0 Å². The summed E-state index contributed by atoms with van der Waals surface area (Å²) in [5.41, 5.74) is 0. The molecule has 0 aromatic rings. The summed E-state index contributed by atoms with van der Waals surface area (Å²) >= 11 is 0. The van der Waals surface area contributed by atoms with Gasteiger partial charge in [0.1, 0.15) is 20.4 Å². The maximum absolute atomic E-state index is 7.90. The molecule has 0 atom stereocenters. The first-order valence-electron chi connectivity index (χ1n) is 5.25. The predicted molar refractivity (Wildman–Crippen MR) is 55.3 cm³/mol. The van der Waals surface area contributed by atoms with Gasteiger partial charge in [0.15, 0.2) is 0 Å². The molecule has 0 aromatic carbocycles. The van der Waals surface area contributed by atoms with Gasteiger partial charge in [-0.15, -0.1) is 0 Å². The van der Waals surface area contributed by atoms with Crippen LogP contribution >= 0.6 is 0 Å². The third-order valence-electron chi connectivity index (χ3n) is 1.79. The molecule has 0 radical (unpaired) electrons. The first-order chi connectivity index (χ1) is 7.41. The van der Waals surface area contributed by atoms with Crippen LogP contribution < -0.4 is 0 Å². The van der Waals surface area contributed by atoms with Crippen molar-refractivity contribution in [3.05, 3.63) is 0 Å². The molecule has 1 rings (SSSR count). The van der Waals surface area contributed by atoms with Gasteiger partial charge in [0.05, 0.1) is 0 Å². The van der Waals surface area contributed by atoms with Gasteiger partial charge < -0.3 is 24.1 Å². The number of aliphatic hydroxyl groups is 1. The van der Waals surface area contributed by atoms with Crippen LogP contribution in [0.5, 0.6) is 0 Å². The van der Waals surface area contributed by atoms with Crippen LogP contribution in [0.25, 0.3) is 0 Å². The lowest BCUT2D eigenvalue weighted by molar-refractivity contribution is -0.0931. The van der Waals surface area contributed by atoms with E-state index in [2.05, 4.69) is 9.47 Å². The van der Waals surface area contributed by atoms with Gasteiger partial charge in [0.2, 0.25) is 0 Å². The lowest BCUT2D eigenvalue weighted by Gasteiger charge is -1.99. The Balaban J connectivity index is 0.000000288. The fourth-order valence-corrected chi connectivity index (χ4v) is 1.06. The van der Waals surface area contributed by atoms with Gasteiger partial charge in [0.25, 0.3) is 0 Å². The van der Waals surface area contributed by atoms with E-state index in [0.29, 0.717) is 6.79 Å². The second kappa shape index (κ2) is 13.8. The minimum Gasteiger partial charge on any atom is -0.371 e. The molecule has 1 fully saturated rings. The molecule has 1 saturated heterocycles. The van der Waals surface area contributed by atoms with Gasteiger partial charge >= 0.3 is 0 Å². The predicted octanol–water partition coefficient (Wildman–Crippen LogP) is 1.11. The molecular weight excluding hydrogens is 200 g/mol. The molecule has 0 bridgehead atoms. The molecule has 1 heterocycles. The quantitative estimate of drug-likeness (QED) is 0.572. The van der Waals surface area contributed by atoms with Crippen molar-refractivity contribution in [3.63, 3.8) is 0 Å². The molecule has 0 aliphatic carbocycles. The van der Waals surface area contributed by atoms with Crippen molar-refractivity contribution >= 4 is 0 Å². The van der Waals surface area contributed by atoms with Crippen molar-refractivity contribution in [2.24, 2.45) is 0 Å². The van der Waals surface area contributed by atoms with E-state index >= 15 is 0 Å². The van der Waals surface area contributed by atoms with Crippen LogP contribution in [0.1, 0.15) is 25.7 Å². The summed E-state index contributed by atoms with van der Waals surface area (Å²) in [6, 6.07) is 0. The van der Waals surface area contributed by atoms with E-state index in [1.807, 2.05) is 0 Å². The number of rotatable bonds is 3. The van der Waals surface area contributed by atoms with Crippen molar-refractivity contribution in [1.82, 2.24) is 0 Å². The van der Waals surface area contributed by atoms with E-state index in [-0.39, 0.29) is 13.6 Å². The van der Waals surface area contributed by atoms with Crippen molar-refractivity contribution in [2.45, 2.75) is 25.7 Å². The van der Waals surface area contributed by atoms with Gasteiger partial charge in [0, 0.05) is 20.3 Å². The van der Waals surface area contributed by atoms with Gasteiger partial charge in [-0.3, -0.25) is 0 Å². The molecule has 92 valence electrons. The number of ether oxygens (including phenoxy) is 4. The average molecular weight is 222 g/mol. The molecule has 1 aliphatic heterocycles. The second-order valence-corrected chi connectivity index (χ2v) is 3.09. The van der Waals surface area contributed by atoms with Crippen molar-refractivity contribution in [2.75, 3.05) is 40.7 Å². The Morgan fingerprint density at radius 1 is 1.07 bits per heavy atom. The smallest absolute Gasteiger partial charge is 0.149 e. The lowest BCUT2D eigenvalue weighted by Crippen LogP contribution is -1.99. The topological polar surface area (TPSA) is 57.2 Å². The van der Waals surface area contributed by atoms with Crippen LogP contribution in [0.2, 0.25) is 0 Å². The van der Waals surface area contributed by atoms with Gasteiger partial charge in [-0.05, 0) is 12.8 Å². The third kappa shape index (κ3) is 13.8. The molecule has 1 aliphatic rings. The second-order valence-electron chi connectivity index (χ2n) is 3.09. The van der Waals surface area contributed by atoms with Gasteiger partial charge in [-0.2, -0.15) is 0 Å². The molecule has 15 heavy (non-hydrogen) atoms. The number of aliphatic hydroxyl groups excluding tert-OH is 1. The van der Waals surface area contributed by atoms with E-state index in [4.69, 9.17) is 14.6 Å². The van der Waals surface area contributed by atoms with Crippen LogP contribution in [-0.4, -0.2) is 45.8 Å². The summed E-state index contributed by atoms with van der Waals surface area (Å²) in [5.74, 6) is 0. The van der Waals surface area contributed by atoms with Crippen LogP contribution in [0, 0.1) is 0 Å². The molecule has 5 heteroatoms. The molecule has 0 unspecified atom stereocenters. The highest BCUT2D eigenvalue weighted by molar-refractivity contribution is 4.43. The summed E-state index contributed by atoms with van der Waals surface area (Å²) in [5, 5.41) is 7.90. The SMILES string of the molecule is C1CCCOCOCC1.COCOCO. The third-order valence-corrected chi connectivity index (χ3v) is 1.79. The van der Waals surface area contributed by atoms with Crippen LogP contribution in [-0.2, 0) is 18.9 Å². The monoisotopic (exact) mass is 222 g/mol. The summed E-state index contributed by atoms with van der Waals surface area (Å²) < 4.78 is 19.0. The molecule has 0 amide bonds. The highest BCUT2D eigenvalue weighted by Crippen LogP contribution is 2.02. The van der Waals surface area contributed by atoms with E-state index in [1.165, 1.54) is 32.8 Å². The molecule has 0 spiro atoms. The maximum atomic E-state index is 7.90. The molecular formula is C10H22O5. The summed E-state index contributed by atoms with van der Waals surface area (Å²) in [6.07, 6.45) is 4.99. The van der Waals surface area contributed by atoms with Crippen LogP contribution in [0.15, 0.2) is 0 Å². The Bertz CT molecular complexity index is 77.5. The van der Waals surface area contributed by atoms with E-state index < -0.39 is 0 Å². The van der Waals surface area contributed by atoms with Crippen molar-refractivity contribution < 1.29 is 24.1 Å². The van der Waals surface area contributed by atoms with Crippen LogP contribution in [0.3, 0.4) is 0 Å². The highest BCUT2D eigenvalue weighted by atomic mass is 16.7. The Hall–Kier alpha value is -0.200. The average Bonchev–Trinajstić information content (AvgIpc) is 2.42. The minimum absolute atomic E-state index is 0.163. The Kier molecular flexibility index (Phi) is 13.6. The number of hydrogen-bond donors (Lipinski definition) is 1. The zero-order chi connectivity index (χ0) is 11.2. The van der Waals surface area contributed by atoms with Gasteiger partial charge in [-0.1, -0.05) is 12.8 Å². The maximum Gasteiger partial charge on any atom is 0.149 e. The normalized spacial score (nSPS) is 18.0. The summed E-state index contributed by atoms with van der Waals surface area (Å²) in [4.78, 5) is 0. The molecule has 1 N–H and O–H groups in total. The van der Waals surface area contributed by atoms with E-state index in [0.717, 1.165) is 13.2 Å². The van der Waals surface area contributed by atoms with Crippen molar-refractivity contribution in [3.8, 4) is 0 Å². The minimum atomic E-state index is -0.270. The fourth-order valence-electron chi connectivity index (χ4n) is 1.06.